The molecule has 4 rings (SSSR count). The maximum absolute atomic E-state index is 12.4. The van der Waals surface area contributed by atoms with Crippen LogP contribution < -0.4 is 10.2 Å². The third-order valence-electron chi connectivity index (χ3n) is 4.66. The van der Waals surface area contributed by atoms with Crippen molar-refractivity contribution in [3.63, 3.8) is 0 Å². The topological polar surface area (TPSA) is 99.6 Å². The van der Waals surface area contributed by atoms with Crippen molar-refractivity contribution in [2.45, 2.75) is 6.61 Å². The molecule has 1 heterocycles. The summed E-state index contributed by atoms with van der Waals surface area (Å²) in [5.74, 6) is 0.238. The molecule has 4 aromatic rings. The number of hydrogen-bond donors (Lipinski definition) is 3. The second-order valence-electron chi connectivity index (χ2n) is 6.98. The Morgan fingerprint density at radius 2 is 2.00 bits per heavy atom. The molecule has 9 heteroatoms. The van der Waals surface area contributed by atoms with Crippen molar-refractivity contribution in [3.05, 3.63) is 99.1 Å². The Labute approximate surface area is 203 Å². The Bertz CT molecular complexity index is 1320. The van der Waals surface area contributed by atoms with Crippen LogP contribution in [0.1, 0.15) is 21.6 Å². The van der Waals surface area contributed by atoms with E-state index in [1.54, 1.807) is 18.2 Å². The average molecular weight is 526 g/mol. The summed E-state index contributed by atoms with van der Waals surface area (Å²) in [5.41, 5.74) is 5.36. The molecular formula is C24H18BrClN4O3. The lowest BCUT2D eigenvalue weighted by atomic mass is 10.1. The van der Waals surface area contributed by atoms with E-state index < -0.39 is 5.91 Å². The van der Waals surface area contributed by atoms with Crippen LogP contribution in [0.15, 0.2) is 82.4 Å². The van der Waals surface area contributed by atoms with E-state index in [0.717, 1.165) is 15.6 Å². The van der Waals surface area contributed by atoms with Crippen molar-refractivity contribution >= 4 is 39.7 Å². The van der Waals surface area contributed by atoms with Gasteiger partial charge in [0.05, 0.1) is 11.9 Å². The Balaban J connectivity index is 1.41. The maximum atomic E-state index is 12.4. The fourth-order valence-corrected chi connectivity index (χ4v) is 3.53. The summed E-state index contributed by atoms with van der Waals surface area (Å²) in [4.78, 5) is 12.4. The molecule has 33 heavy (non-hydrogen) atoms. The molecule has 0 aliphatic rings. The Morgan fingerprint density at radius 1 is 1.15 bits per heavy atom. The largest absolute Gasteiger partial charge is 0.507 e. The molecule has 7 nitrogen and oxygen atoms in total. The summed E-state index contributed by atoms with van der Waals surface area (Å²) < 4.78 is 6.64. The summed E-state index contributed by atoms with van der Waals surface area (Å²) in [5, 5.41) is 21.3. The summed E-state index contributed by atoms with van der Waals surface area (Å²) in [7, 11) is 0. The van der Waals surface area contributed by atoms with Gasteiger partial charge in [0.15, 0.2) is 0 Å². The van der Waals surface area contributed by atoms with Gasteiger partial charge in [0.2, 0.25) is 0 Å². The summed E-state index contributed by atoms with van der Waals surface area (Å²) >= 11 is 9.50. The van der Waals surface area contributed by atoms with Crippen molar-refractivity contribution in [1.82, 2.24) is 15.6 Å². The van der Waals surface area contributed by atoms with Crippen LogP contribution >= 0.6 is 27.5 Å². The first-order valence-electron chi connectivity index (χ1n) is 9.83. The van der Waals surface area contributed by atoms with Crippen LogP contribution in [0.2, 0.25) is 5.02 Å². The van der Waals surface area contributed by atoms with Crippen molar-refractivity contribution in [3.8, 4) is 22.8 Å². The van der Waals surface area contributed by atoms with Crippen LogP contribution in [-0.4, -0.2) is 27.4 Å². The first kappa shape index (κ1) is 22.6. The summed E-state index contributed by atoms with van der Waals surface area (Å²) in [6.07, 6.45) is 1.36. The van der Waals surface area contributed by atoms with Gasteiger partial charge in [-0.05, 0) is 42.5 Å². The fourth-order valence-electron chi connectivity index (χ4n) is 2.96. The number of hydrogen-bond acceptors (Lipinski definition) is 5. The van der Waals surface area contributed by atoms with Gasteiger partial charge in [0.1, 0.15) is 23.8 Å². The molecule has 0 aliphatic carbocycles. The molecule has 0 unspecified atom stereocenters. The number of phenols is 1. The highest BCUT2D eigenvalue weighted by atomic mass is 79.9. The lowest BCUT2D eigenvalue weighted by Crippen LogP contribution is -2.18. The number of aromatic nitrogens is 2. The molecule has 0 spiro atoms. The number of aromatic hydroxyl groups is 1. The summed E-state index contributed by atoms with van der Waals surface area (Å²) in [6, 6.07) is 21.4. The van der Waals surface area contributed by atoms with E-state index in [9.17, 15) is 9.90 Å². The fraction of sp³-hybridized carbons (Fsp3) is 0.0417. The van der Waals surface area contributed by atoms with Gasteiger partial charge in [-0.3, -0.25) is 9.89 Å². The number of benzene rings is 3. The molecule has 1 amide bonds. The Morgan fingerprint density at radius 3 is 2.85 bits per heavy atom. The SMILES string of the molecule is O=C(N/N=C\c1cc(Br)ccc1O)c1cc(-c2cccc(OCc3ccccc3Cl)c2)n[nH]1. The zero-order valence-corrected chi connectivity index (χ0v) is 19.5. The molecule has 0 radical (unpaired) electrons. The van der Waals surface area contributed by atoms with Crippen molar-refractivity contribution in [2.75, 3.05) is 0 Å². The van der Waals surface area contributed by atoms with Crippen LogP contribution in [0, 0.1) is 0 Å². The van der Waals surface area contributed by atoms with Crippen LogP contribution in [0.25, 0.3) is 11.3 Å². The van der Waals surface area contributed by atoms with E-state index in [0.29, 0.717) is 28.6 Å². The number of hydrazone groups is 1. The normalized spacial score (nSPS) is 11.0. The van der Waals surface area contributed by atoms with Gasteiger partial charge < -0.3 is 9.84 Å². The highest BCUT2D eigenvalue weighted by molar-refractivity contribution is 9.10. The Hall–Kier alpha value is -3.62. The van der Waals surface area contributed by atoms with Crippen LogP contribution in [0.4, 0.5) is 0 Å². The second kappa shape index (κ2) is 10.3. The number of amides is 1. The molecule has 0 atom stereocenters. The minimum absolute atomic E-state index is 0.0525. The number of carbonyl (C=O) groups excluding carboxylic acids is 1. The molecule has 0 saturated heterocycles. The predicted octanol–water partition coefficient (Wildman–Crippen LogP) is 5.54. The van der Waals surface area contributed by atoms with Crippen LogP contribution in [0.5, 0.6) is 11.5 Å². The predicted molar refractivity (Wildman–Crippen MR) is 131 cm³/mol. The number of rotatable bonds is 7. The van der Waals surface area contributed by atoms with E-state index in [1.165, 1.54) is 12.3 Å². The molecule has 1 aromatic heterocycles. The molecule has 0 aliphatic heterocycles. The zero-order chi connectivity index (χ0) is 23.2. The zero-order valence-electron chi connectivity index (χ0n) is 17.1. The van der Waals surface area contributed by atoms with Crippen LogP contribution in [0.3, 0.4) is 0 Å². The van der Waals surface area contributed by atoms with Gasteiger partial charge >= 0.3 is 0 Å². The first-order valence-corrected chi connectivity index (χ1v) is 11.0. The number of nitrogens with one attached hydrogen (secondary N) is 2. The van der Waals surface area contributed by atoms with E-state index in [2.05, 4.69) is 36.7 Å². The molecule has 0 fully saturated rings. The molecular weight excluding hydrogens is 508 g/mol. The number of aromatic amines is 1. The van der Waals surface area contributed by atoms with Crippen molar-refractivity contribution < 1.29 is 14.6 Å². The van der Waals surface area contributed by atoms with Crippen molar-refractivity contribution in [2.24, 2.45) is 5.10 Å². The van der Waals surface area contributed by atoms with E-state index >= 15 is 0 Å². The maximum Gasteiger partial charge on any atom is 0.289 e. The summed E-state index contributed by atoms with van der Waals surface area (Å²) in [6.45, 7) is 0.336. The van der Waals surface area contributed by atoms with Crippen molar-refractivity contribution in [1.29, 1.82) is 0 Å². The number of H-pyrrole nitrogens is 1. The van der Waals surface area contributed by atoms with E-state index in [-0.39, 0.29) is 11.4 Å². The monoisotopic (exact) mass is 524 g/mol. The smallest absolute Gasteiger partial charge is 0.289 e. The van der Waals surface area contributed by atoms with Gasteiger partial charge in [-0.1, -0.05) is 57.9 Å². The number of phenolic OH excluding ortho intramolecular Hbond substituents is 1. The first-order chi connectivity index (χ1) is 16.0. The minimum Gasteiger partial charge on any atom is -0.507 e. The number of halogens is 2. The molecule has 0 bridgehead atoms. The van der Waals surface area contributed by atoms with E-state index in [4.69, 9.17) is 16.3 Å². The number of ether oxygens (including phenoxy) is 1. The standard InChI is InChI=1S/C24H18BrClN4O3/c25-18-8-9-23(31)17(10-18)13-27-30-24(32)22-12-21(28-29-22)15-5-3-6-19(11-15)33-14-16-4-1-2-7-20(16)26/h1-13,31H,14H2,(H,28,29)(H,30,32)/b27-13-. The lowest BCUT2D eigenvalue weighted by Gasteiger charge is -2.08. The third kappa shape index (κ3) is 5.79. The van der Waals surface area contributed by atoms with Gasteiger partial charge in [-0.2, -0.15) is 10.2 Å². The molecule has 0 saturated carbocycles. The highest BCUT2D eigenvalue weighted by Gasteiger charge is 2.11. The minimum atomic E-state index is -0.467. The quantitative estimate of drug-likeness (QED) is 0.218. The second-order valence-corrected chi connectivity index (χ2v) is 8.30. The highest BCUT2D eigenvalue weighted by Crippen LogP contribution is 2.25. The third-order valence-corrected chi connectivity index (χ3v) is 5.53. The number of carbonyl (C=O) groups is 1. The number of nitrogens with zero attached hydrogens (tertiary/aromatic N) is 2. The molecule has 166 valence electrons. The van der Waals surface area contributed by atoms with Gasteiger partial charge in [-0.25, -0.2) is 5.43 Å². The van der Waals surface area contributed by atoms with Gasteiger partial charge in [0, 0.05) is 26.2 Å². The van der Waals surface area contributed by atoms with Gasteiger partial charge in [-0.15, -0.1) is 0 Å². The molecule has 3 N–H and O–H groups in total. The van der Waals surface area contributed by atoms with Crippen LogP contribution in [-0.2, 0) is 6.61 Å². The van der Waals surface area contributed by atoms with Gasteiger partial charge in [0.25, 0.3) is 5.91 Å². The average Bonchev–Trinajstić information content (AvgIpc) is 3.31. The van der Waals surface area contributed by atoms with E-state index in [1.807, 2.05) is 48.5 Å². The molecule has 3 aromatic carbocycles. The lowest BCUT2D eigenvalue weighted by molar-refractivity contribution is 0.0950. The Kier molecular flexibility index (Phi) is 7.07.